The molecule has 3 aromatic rings. The monoisotopic (exact) mass is 340 g/mol. The maximum Gasteiger partial charge on any atom is 0.445 e. The molecule has 0 saturated carbocycles. The molecule has 2 heterocycles. The van der Waals surface area contributed by atoms with Crippen molar-refractivity contribution in [2.24, 2.45) is 0 Å². The zero-order valence-electron chi connectivity index (χ0n) is 11.6. The summed E-state index contributed by atoms with van der Waals surface area (Å²) in [6.07, 6.45) is -2.11. The molecule has 5 nitrogen and oxygen atoms in total. The van der Waals surface area contributed by atoms with Crippen LogP contribution in [-0.2, 0) is 17.4 Å². The van der Waals surface area contributed by atoms with Gasteiger partial charge in [0.25, 0.3) is 0 Å². The normalized spacial score (nSPS) is 11.8. The Labute approximate surface area is 132 Å². The second-order valence-corrected chi connectivity index (χ2v) is 5.80. The lowest BCUT2D eigenvalue weighted by atomic mass is 10.1. The molecular weight excluding hydrogens is 329 g/mol. The number of aromatic nitrogens is 3. The maximum atomic E-state index is 12.4. The highest BCUT2D eigenvalue weighted by molar-refractivity contribution is 7.15. The fourth-order valence-electron chi connectivity index (χ4n) is 2.16. The number of aryl methyl sites for hydroxylation is 1. The third kappa shape index (κ3) is 3.50. The van der Waals surface area contributed by atoms with Crippen molar-refractivity contribution < 1.29 is 18.0 Å². The van der Waals surface area contributed by atoms with Crippen LogP contribution in [0.25, 0.3) is 10.9 Å². The Hall–Kier alpha value is -2.42. The number of rotatable bonds is 4. The lowest BCUT2D eigenvalue weighted by molar-refractivity contribution is -0.138. The van der Waals surface area contributed by atoms with E-state index in [0.29, 0.717) is 17.8 Å². The van der Waals surface area contributed by atoms with E-state index in [-0.39, 0.29) is 11.6 Å². The molecule has 0 unspecified atom stereocenters. The second kappa shape index (κ2) is 5.99. The largest absolute Gasteiger partial charge is 0.445 e. The number of hydrogen-bond acceptors (Lipinski definition) is 4. The Kier molecular flexibility index (Phi) is 4.03. The van der Waals surface area contributed by atoms with Crippen LogP contribution in [0.2, 0.25) is 0 Å². The number of nitrogens with zero attached hydrogens (tertiary/aromatic N) is 2. The first-order valence-corrected chi connectivity index (χ1v) is 7.50. The van der Waals surface area contributed by atoms with Gasteiger partial charge in [0.1, 0.15) is 0 Å². The van der Waals surface area contributed by atoms with Crippen molar-refractivity contribution in [2.75, 3.05) is 5.32 Å². The van der Waals surface area contributed by atoms with Gasteiger partial charge in [0, 0.05) is 23.5 Å². The van der Waals surface area contributed by atoms with E-state index < -0.39 is 17.1 Å². The molecule has 0 aliphatic heterocycles. The molecule has 0 radical (unpaired) electrons. The number of carbonyl (C=O) groups excluding carboxylic acids is 1. The average Bonchev–Trinajstić information content (AvgIpc) is 3.11. The first kappa shape index (κ1) is 15.5. The topological polar surface area (TPSA) is 70.7 Å². The van der Waals surface area contributed by atoms with Gasteiger partial charge in [0.15, 0.2) is 0 Å². The third-order valence-corrected chi connectivity index (χ3v) is 4.09. The van der Waals surface area contributed by atoms with Gasteiger partial charge in [0.05, 0.1) is 0 Å². The van der Waals surface area contributed by atoms with Crippen molar-refractivity contribution in [3.8, 4) is 0 Å². The van der Waals surface area contributed by atoms with E-state index in [4.69, 9.17) is 0 Å². The highest BCUT2D eigenvalue weighted by Crippen LogP contribution is 2.33. The molecule has 1 amide bonds. The molecule has 0 bridgehead atoms. The Morgan fingerprint density at radius 3 is 2.78 bits per heavy atom. The Balaban J connectivity index is 1.60. The van der Waals surface area contributed by atoms with E-state index in [0.717, 1.165) is 16.5 Å². The zero-order chi connectivity index (χ0) is 16.4. The first-order chi connectivity index (χ1) is 10.9. The smallest absolute Gasteiger partial charge is 0.361 e. The van der Waals surface area contributed by atoms with Crippen LogP contribution in [0.5, 0.6) is 0 Å². The number of para-hydroxylation sites is 1. The highest BCUT2D eigenvalue weighted by Gasteiger charge is 2.35. The first-order valence-electron chi connectivity index (χ1n) is 6.69. The van der Waals surface area contributed by atoms with Gasteiger partial charge in [-0.25, -0.2) is 0 Å². The molecule has 0 atom stereocenters. The molecule has 0 aliphatic rings. The molecule has 0 fully saturated rings. The van der Waals surface area contributed by atoms with Crippen LogP contribution in [-0.4, -0.2) is 21.1 Å². The predicted octanol–water partition coefficient (Wildman–Crippen LogP) is 3.61. The van der Waals surface area contributed by atoms with Crippen LogP contribution < -0.4 is 5.32 Å². The summed E-state index contributed by atoms with van der Waals surface area (Å²) in [6, 6.07) is 7.68. The van der Waals surface area contributed by atoms with E-state index >= 15 is 0 Å². The number of nitrogens with one attached hydrogen (secondary N) is 2. The third-order valence-electron chi connectivity index (χ3n) is 3.21. The molecule has 0 spiro atoms. The number of carbonyl (C=O) groups is 1. The number of benzene rings is 1. The standard InChI is InChI=1S/C14H11F3N4OS/c15-14(16,17)12-20-21-13(23-12)19-11(22)6-5-8-7-18-10-4-2-1-3-9(8)10/h1-4,7,18H,5-6H2,(H,19,21,22). The van der Waals surface area contributed by atoms with Crippen molar-refractivity contribution in [1.82, 2.24) is 15.2 Å². The minimum Gasteiger partial charge on any atom is -0.361 e. The van der Waals surface area contributed by atoms with Crippen LogP contribution in [0.15, 0.2) is 30.5 Å². The van der Waals surface area contributed by atoms with E-state index in [1.54, 1.807) is 0 Å². The molecule has 0 aliphatic carbocycles. The van der Waals surface area contributed by atoms with Crippen molar-refractivity contribution in [2.45, 2.75) is 19.0 Å². The minimum absolute atomic E-state index is 0.142. The second-order valence-electron chi connectivity index (χ2n) is 4.82. The lowest BCUT2D eigenvalue weighted by Gasteiger charge is -2.01. The zero-order valence-corrected chi connectivity index (χ0v) is 12.5. The average molecular weight is 340 g/mol. The number of anilines is 1. The molecule has 2 N–H and O–H groups in total. The van der Waals surface area contributed by atoms with Gasteiger partial charge in [-0.2, -0.15) is 13.2 Å². The fourth-order valence-corrected chi connectivity index (χ4v) is 2.78. The predicted molar refractivity (Wildman–Crippen MR) is 80.2 cm³/mol. The summed E-state index contributed by atoms with van der Waals surface area (Å²) in [5.74, 6) is -0.403. The molecule has 120 valence electrons. The van der Waals surface area contributed by atoms with Crippen LogP contribution in [0.4, 0.5) is 18.3 Å². The van der Waals surface area contributed by atoms with Crippen molar-refractivity contribution in [3.63, 3.8) is 0 Å². The van der Waals surface area contributed by atoms with Gasteiger partial charge in [-0.1, -0.05) is 29.5 Å². The number of aromatic amines is 1. The highest BCUT2D eigenvalue weighted by atomic mass is 32.1. The van der Waals surface area contributed by atoms with Gasteiger partial charge >= 0.3 is 6.18 Å². The minimum atomic E-state index is -4.55. The maximum absolute atomic E-state index is 12.4. The number of H-pyrrole nitrogens is 1. The SMILES string of the molecule is O=C(CCc1c[nH]c2ccccc12)Nc1nnc(C(F)(F)F)s1. The Morgan fingerprint density at radius 2 is 2.04 bits per heavy atom. The number of hydrogen-bond donors (Lipinski definition) is 2. The number of amides is 1. The Morgan fingerprint density at radius 1 is 1.26 bits per heavy atom. The molecule has 2 aromatic heterocycles. The Bertz CT molecular complexity index is 840. The number of fused-ring (bicyclic) bond motifs is 1. The van der Waals surface area contributed by atoms with Crippen LogP contribution in [0, 0.1) is 0 Å². The number of halogens is 3. The summed E-state index contributed by atoms with van der Waals surface area (Å²) in [6.45, 7) is 0. The molecule has 3 rings (SSSR count). The van der Waals surface area contributed by atoms with Gasteiger partial charge in [-0.05, 0) is 18.1 Å². The summed E-state index contributed by atoms with van der Waals surface area (Å²) in [5.41, 5.74) is 1.95. The van der Waals surface area contributed by atoms with E-state index in [9.17, 15) is 18.0 Å². The quantitative estimate of drug-likeness (QED) is 0.762. The summed E-state index contributed by atoms with van der Waals surface area (Å²) >= 11 is 0.309. The summed E-state index contributed by atoms with van der Waals surface area (Å²) < 4.78 is 37.2. The van der Waals surface area contributed by atoms with E-state index in [1.807, 2.05) is 30.5 Å². The summed E-state index contributed by atoms with van der Waals surface area (Å²) in [4.78, 5) is 14.9. The van der Waals surface area contributed by atoms with Crippen LogP contribution in [0.1, 0.15) is 17.0 Å². The molecule has 23 heavy (non-hydrogen) atoms. The van der Waals surface area contributed by atoms with E-state index in [1.165, 1.54) is 0 Å². The van der Waals surface area contributed by atoms with Crippen molar-refractivity contribution >= 4 is 33.3 Å². The van der Waals surface area contributed by atoms with Gasteiger partial charge < -0.3 is 10.3 Å². The fraction of sp³-hybridized carbons (Fsp3) is 0.214. The lowest BCUT2D eigenvalue weighted by Crippen LogP contribution is -2.12. The van der Waals surface area contributed by atoms with Crippen molar-refractivity contribution in [3.05, 3.63) is 41.0 Å². The van der Waals surface area contributed by atoms with Crippen molar-refractivity contribution in [1.29, 1.82) is 0 Å². The van der Waals surface area contributed by atoms with Gasteiger partial charge in [-0.3, -0.25) is 4.79 Å². The molecular formula is C14H11F3N4OS. The summed E-state index contributed by atoms with van der Waals surface area (Å²) in [7, 11) is 0. The van der Waals surface area contributed by atoms with E-state index in [2.05, 4.69) is 20.5 Å². The molecule has 9 heteroatoms. The van der Waals surface area contributed by atoms with Gasteiger partial charge in [-0.15, -0.1) is 10.2 Å². The van der Waals surface area contributed by atoms with Gasteiger partial charge in [0.2, 0.25) is 16.0 Å². The van der Waals surface area contributed by atoms with Crippen LogP contribution in [0.3, 0.4) is 0 Å². The van der Waals surface area contributed by atoms with Crippen LogP contribution >= 0.6 is 11.3 Å². The number of alkyl halides is 3. The summed E-state index contributed by atoms with van der Waals surface area (Å²) in [5, 5.41) is 8.48. The molecule has 0 saturated heterocycles. The molecule has 1 aromatic carbocycles.